The van der Waals surface area contributed by atoms with Crippen LogP contribution in [0.25, 0.3) is 0 Å². The Labute approximate surface area is 106 Å². The summed E-state index contributed by atoms with van der Waals surface area (Å²) in [6, 6.07) is 1.35. The maximum absolute atomic E-state index is 11.8. The molecule has 0 aliphatic carbocycles. The van der Waals surface area contributed by atoms with Gasteiger partial charge in [-0.3, -0.25) is 4.79 Å². The van der Waals surface area contributed by atoms with Crippen LogP contribution >= 0.6 is 0 Å². The molecular weight excluding hydrogens is 234 g/mol. The molecule has 5 heteroatoms. The van der Waals surface area contributed by atoms with Gasteiger partial charge in [0.05, 0.1) is 18.3 Å². The van der Waals surface area contributed by atoms with Crippen LogP contribution < -0.4 is 5.56 Å². The molecule has 0 fully saturated rings. The molecule has 1 N–H and O–H groups in total. The van der Waals surface area contributed by atoms with Gasteiger partial charge < -0.3 is 14.4 Å². The number of ether oxygens (including phenoxy) is 1. The molecular formula is C13H19NO4. The van der Waals surface area contributed by atoms with Crippen LogP contribution in [0, 0.1) is 13.8 Å². The van der Waals surface area contributed by atoms with E-state index in [1.807, 2.05) is 13.8 Å². The van der Waals surface area contributed by atoms with Gasteiger partial charge in [0.25, 0.3) is 5.56 Å². The lowest BCUT2D eigenvalue weighted by molar-refractivity contribution is 0.0679. The van der Waals surface area contributed by atoms with E-state index in [0.717, 1.165) is 0 Å². The summed E-state index contributed by atoms with van der Waals surface area (Å²) >= 11 is 0. The van der Waals surface area contributed by atoms with Crippen molar-refractivity contribution in [3.8, 4) is 0 Å². The van der Waals surface area contributed by atoms with E-state index in [2.05, 4.69) is 0 Å². The van der Waals surface area contributed by atoms with Crippen molar-refractivity contribution in [2.45, 2.75) is 40.3 Å². The van der Waals surface area contributed by atoms with Crippen LogP contribution in [0.3, 0.4) is 0 Å². The smallest absolute Gasteiger partial charge is 0.337 e. The molecule has 5 nitrogen and oxygen atoms in total. The first-order valence-corrected chi connectivity index (χ1v) is 5.90. The highest BCUT2D eigenvalue weighted by atomic mass is 16.5. The molecule has 0 atom stereocenters. The highest BCUT2D eigenvalue weighted by molar-refractivity contribution is 5.90. The lowest BCUT2D eigenvalue weighted by Gasteiger charge is -2.15. The van der Waals surface area contributed by atoms with Crippen molar-refractivity contribution in [2.75, 3.05) is 6.61 Å². The molecule has 1 heterocycles. The van der Waals surface area contributed by atoms with Crippen LogP contribution in [0.15, 0.2) is 10.9 Å². The monoisotopic (exact) mass is 253 g/mol. The van der Waals surface area contributed by atoms with Gasteiger partial charge in [0.2, 0.25) is 0 Å². The molecule has 0 saturated heterocycles. The second-order valence-corrected chi connectivity index (χ2v) is 4.50. The van der Waals surface area contributed by atoms with Crippen molar-refractivity contribution in [3.63, 3.8) is 0 Å². The van der Waals surface area contributed by atoms with Crippen LogP contribution in [0.2, 0.25) is 0 Å². The zero-order valence-corrected chi connectivity index (χ0v) is 11.2. The standard InChI is InChI=1S/C13H19NO4/c1-8(2)18-6-5-14-10(4)12(13(16)17)9(3)7-11(14)15/h7-8H,5-6H2,1-4H3,(H,16,17). The van der Waals surface area contributed by atoms with Gasteiger partial charge >= 0.3 is 5.97 Å². The summed E-state index contributed by atoms with van der Waals surface area (Å²) in [7, 11) is 0. The normalized spacial score (nSPS) is 10.9. The Hall–Kier alpha value is -1.62. The Kier molecular flexibility index (Phi) is 4.67. The van der Waals surface area contributed by atoms with Crippen LogP contribution in [-0.2, 0) is 11.3 Å². The number of aromatic nitrogens is 1. The summed E-state index contributed by atoms with van der Waals surface area (Å²) in [6.45, 7) is 7.85. The molecule has 0 radical (unpaired) electrons. The summed E-state index contributed by atoms with van der Waals surface area (Å²) < 4.78 is 6.82. The molecule has 1 rings (SSSR count). The summed E-state index contributed by atoms with van der Waals surface area (Å²) in [6.07, 6.45) is 0.0883. The Balaban J connectivity index is 3.08. The molecule has 0 spiro atoms. The SMILES string of the molecule is Cc1cc(=O)n(CCOC(C)C)c(C)c1C(=O)O. The maximum atomic E-state index is 11.8. The quantitative estimate of drug-likeness (QED) is 0.865. The third-order valence-corrected chi connectivity index (χ3v) is 2.75. The number of carbonyl (C=O) groups is 1. The number of carboxylic acid groups (broad SMARTS) is 1. The van der Waals surface area contributed by atoms with E-state index in [-0.39, 0.29) is 17.2 Å². The van der Waals surface area contributed by atoms with Crippen LogP contribution in [0.5, 0.6) is 0 Å². The first-order valence-electron chi connectivity index (χ1n) is 5.90. The van der Waals surface area contributed by atoms with Gasteiger partial charge in [-0.15, -0.1) is 0 Å². The second-order valence-electron chi connectivity index (χ2n) is 4.50. The molecule has 1 aromatic heterocycles. The van der Waals surface area contributed by atoms with E-state index in [0.29, 0.717) is 24.4 Å². The predicted molar refractivity (Wildman–Crippen MR) is 68.2 cm³/mol. The third kappa shape index (κ3) is 3.20. The summed E-state index contributed by atoms with van der Waals surface area (Å²) in [5, 5.41) is 9.13. The van der Waals surface area contributed by atoms with E-state index in [1.54, 1.807) is 13.8 Å². The van der Waals surface area contributed by atoms with Gasteiger partial charge in [0, 0.05) is 18.3 Å². The highest BCUT2D eigenvalue weighted by Gasteiger charge is 2.15. The fourth-order valence-corrected chi connectivity index (χ4v) is 1.90. The van der Waals surface area contributed by atoms with Gasteiger partial charge in [0.1, 0.15) is 0 Å². The van der Waals surface area contributed by atoms with Crippen LogP contribution in [0.1, 0.15) is 35.5 Å². The topological polar surface area (TPSA) is 68.5 Å². The summed E-state index contributed by atoms with van der Waals surface area (Å²) in [5.74, 6) is -1.01. The zero-order chi connectivity index (χ0) is 13.9. The molecule has 1 aromatic rings. The fraction of sp³-hybridized carbons (Fsp3) is 0.538. The molecule has 0 bridgehead atoms. The van der Waals surface area contributed by atoms with Crippen molar-refractivity contribution in [1.29, 1.82) is 0 Å². The van der Waals surface area contributed by atoms with E-state index < -0.39 is 5.97 Å². The minimum atomic E-state index is -1.01. The van der Waals surface area contributed by atoms with Gasteiger partial charge in [-0.05, 0) is 33.3 Å². The molecule has 18 heavy (non-hydrogen) atoms. The minimum absolute atomic E-state index is 0.0883. The van der Waals surface area contributed by atoms with E-state index >= 15 is 0 Å². The largest absolute Gasteiger partial charge is 0.478 e. The molecule has 0 saturated carbocycles. The lowest BCUT2D eigenvalue weighted by Crippen LogP contribution is -2.27. The van der Waals surface area contributed by atoms with E-state index in [4.69, 9.17) is 9.84 Å². The van der Waals surface area contributed by atoms with E-state index in [9.17, 15) is 9.59 Å². The van der Waals surface area contributed by atoms with Gasteiger partial charge in [-0.1, -0.05) is 0 Å². The predicted octanol–water partition coefficient (Wildman–Crippen LogP) is 1.59. The minimum Gasteiger partial charge on any atom is -0.478 e. The Morgan fingerprint density at radius 2 is 2.06 bits per heavy atom. The van der Waals surface area contributed by atoms with Gasteiger partial charge in [0.15, 0.2) is 0 Å². The van der Waals surface area contributed by atoms with Crippen LogP contribution in [0.4, 0.5) is 0 Å². The first kappa shape index (κ1) is 14.4. The maximum Gasteiger partial charge on any atom is 0.337 e. The van der Waals surface area contributed by atoms with Crippen molar-refractivity contribution < 1.29 is 14.6 Å². The Morgan fingerprint density at radius 1 is 1.44 bits per heavy atom. The van der Waals surface area contributed by atoms with Crippen molar-refractivity contribution in [1.82, 2.24) is 4.57 Å². The van der Waals surface area contributed by atoms with Crippen molar-refractivity contribution >= 4 is 5.97 Å². The average molecular weight is 253 g/mol. The molecule has 0 aromatic carbocycles. The molecule has 100 valence electrons. The van der Waals surface area contributed by atoms with Gasteiger partial charge in [-0.25, -0.2) is 4.79 Å². The van der Waals surface area contributed by atoms with Crippen molar-refractivity contribution in [2.24, 2.45) is 0 Å². The van der Waals surface area contributed by atoms with Crippen molar-refractivity contribution in [3.05, 3.63) is 33.2 Å². The molecule has 0 amide bonds. The number of rotatable bonds is 5. The first-order chi connectivity index (χ1) is 8.34. The number of aryl methyl sites for hydroxylation is 1. The fourth-order valence-electron chi connectivity index (χ4n) is 1.90. The van der Waals surface area contributed by atoms with Gasteiger partial charge in [-0.2, -0.15) is 0 Å². The number of hydrogen-bond donors (Lipinski definition) is 1. The number of carboxylic acids is 1. The number of hydrogen-bond acceptors (Lipinski definition) is 3. The summed E-state index contributed by atoms with van der Waals surface area (Å²) in [5.41, 5.74) is 0.965. The zero-order valence-electron chi connectivity index (χ0n) is 11.2. The lowest BCUT2D eigenvalue weighted by atomic mass is 10.1. The second kappa shape index (κ2) is 5.82. The molecule has 0 aliphatic rings. The summed E-state index contributed by atoms with van der Waals surface area (Å²) in [4.78, 5) is 23.0. The number of nitrogens with zero attached hydrogens (tertiary/aromatic N) is 1. The Bertz CT molecular complexity index is 502. The van der Waals surface area contributed by atoms with Crippen LogP contribution in [-0.4, -0.2) is 28.4 Å². The number of pyridine rings is 1. The van der Waals surface area contributed by atoms with E-state index in [1.165, 1.54) is 10.6 Å². The molecule has 0 unspecified atom stereocenters. The highest BCUT2D eigenvalue weighted by Crippen LogP contribution is 2.11. The Morgan fingerprint density at radius 3 is 2.56 bits per heavy atom. The number of aromatic carboxylic acids is 1. The average Bonchev–Trinajstić information content (AvgIpc) is 2.21. The molecule has 0 aliphatic heterocycles. The third-order valence-electron chi connectivity index (χ3n) is 2.75.